The molecule has 0 radical (unpaired) electrons. The van der Waals surface area contributed by atoms with E-state index in [-0.39, 0.29) is 11.9 Å². The Morgan fingerprint density at radius 1 is 0.806 bits per heavy atom. The number of nitrogens with zero attached hydrogens (tertiary/aromatic N) is 1. The molecule has 3 heteroatoms. The average Bonchev–Trinajstić information content (AvgIpc) is 2.92. The van der Waals surface area contributed by atoms with E-state index in [1.54, 1.807) is 0 Å². The summed E-state index contributed by atoms with van der Waals surface area (Å²) in [7, 11) is 0. The second-order valence-corrected chi connectivity index (χ2v) is 10.6. The Morgan fingerprint density at radius 2 is 1.39 bits per heavy atom. The zero-order chi connectivity index (χ0) is 25.6. The maximum Gasteiger partial charge on any atom is 0.314 e. The summed E-state index contributed by atoms with van der Waals surface area (Å²) in [5, 5.41) is 9.60. The summed E-state index contributed by atoms with van der Waals surface area (Å²) in [6, 6.07) is 17.1. The van der Waals surface area contributed by atoms with Crippen LogP contribution in [0.4, 0.5) is 0 Å². The van der Waals surface area contributed by atoms with Gasteiger partial charge < -0.3 is 4.74 Å². The van der Waals surface area contributed by atoms with Crippen molar-refractivity contribution in [3.8, 4) is 11.8 Å². The van der Waals surface area contributed by atoms with Crippen LogP contribution < -0.4 is 4.74 Å². The predicted octanol–water partition coefficient (Wildman–Crippen LogP) is 9.07. The van der Waals surface area contributed by atoms with E-state index < -0.39 is 0 Å². The number of rotatable bonds is 14. The lowest BCUT2D eigenvalue weighted by atomic mass is 9.78. The molecule has 0 aromatic heterocycles. The molecule has 0 bridgehead atoms. The molecule has 2 aromatic carbocycles. The summed E-state index contributed by atoms with van der Waals surface area (Å²) in [5.41, 5.74) is 4.45. The van der Waals surface area contributed by atoms with Gasteiger partial charge >= 0.3 is 5.97 Å². The first kappa shape index (κ1) is 28.0. The van der Waals surface area contributed by atoms with Crippen LogP contribution in [-0.2, 0) is 17.6 Å². The Labute approximate surface area is 219 Å². The number of aryl methyl sites for hydroxylation is 2. The van der Waals surface area contributed by atoms with E-state index in [9.17, 15) is 10.1 Å². The second-order valence-electron chi connectivity index (χ2n) is 10.6. The van der Waals surface area contributed by atoms with Crippen LogP contribution in [0.2, 0.25) is 0 Å². The molecule has 0 heterocycles. The minimum absolute atomic E-state index is 0.0797. The third-order valence-electron chi connectivity index (χ3n) is 7.77. The minimum atomic E-state index is -0.181. The first-order valence-corrected chi connectivity index (χ1v) is 14.5. The van der Waals surface area contributed by atoms with Crippen molar-refractivity contribution in [3.05, 3.63) is 64.7 Å². The number of nitriles is 1. The van der Waals surface area contributed by atoms with Gasteiger partial charge in [-0.2, -0.15) is 5.26 Å². The zero-order valence-corrected chi connectivity index (χ0v) is 22.6. The van der Waals surface area contributed by atoms with Gasteiger partial charge in [-0.25, -0.2) is 0 Å². The smallest absolute Gasteiger partial charge is 0.314 e. The molecule has 36 heavy (non-hydrogen) atoms. The molecular weight excluding hydrogens is 442 g/mol. The molecule has 194 valence electrons. The monoisotopic (exact) mass is 487 g/mol. The minimum Gasteiger partial charge on any atom is -0.425 e. The van der Waals surface area contributed by atoms with Gasteiger partial charge in [0.1, 0.15) is 11.8 Å². The number of benzene rings is 2. The van der Waals surface area contributed by atoms with E-state index in [2.05, 4.69) is 44.2 Å². The van der Waals surface area contributed by atoms with Crippen LogP contribution in [0.5, 0.6) is 5.75 Å². The second kappa shape index (κ2) is 15.5. The number of carbonyl (C=O) groups excluding carboxylic acids is 1. The summed E-state index contributed by atoms with van der Waals surface area (Å²) in [6.45, 7) is 4.46. The van der Waals surface area contributed by atoms with Crippen molar-refractivity contribution >= 4 is 5.97 Å². The Balaban J connectivity index is 1.45. The quantitative estimate of drug-likeness (QED) is 0.152. The van der Waals surface area contributed by atoms with Crippen LogP contribution in [0.25, 0.3) is 0 Å². The van der Waals surface area contributed by atoms with E-state index in [1.807, 2.05) is 18.2 Å². The number of hydrogen-bond acceptors (Lipinski definition) is 3. The molecule has 1 fully saturated rings. The Hall–Kier alpha value is -2.60. The molecule has 1 saturated carbocycles. The third-order valence-corrected chi connectivity index (χ3v) is 7.77. The highest BCUT2D eigenvalue weighted by molar-refractivity contribution is 5.76. The Bertz CT molecular complexity index is 964. The predicted molar refractivity (Wildman–Crippen MR) is 148 cm³/mol. The van der Waals surface area contributed by atoms with Crippen LogP contribution in [0.3, 0.4) is 0 Å². The molecule has 0 spiro atoms. The maximum absolute atomic E-state index is 12.9. The zero-order valence-electron chi connectivity index (χ0n) is 22.6. The molecule has 1 aliphatic rings. The van der Waals surface area contributed by atoms with Gasteiger partial charge in [-0.05, 0) is 86.1 Å². The number of hydrogen-bond donors (Lipinski definition) is 0. The highest BCUT2D eigenvalue weighted by Crippen LogP contribution is 2.37. The molecule has 1 aliphatic carbocycles. The molecule has 0 unspecified atom stereocenters. The van der Waals surface area contributed by atoms with Crippen molar-refractivity contribution in [2.24, 2.45) is 5.92 Å². The lowest BCUT2D eigenvalue weighted by Crippen LogP contribution is -2.25. The molecule has 2 aromatic rings. The van der Waals surface area contributed by atoms with Crippen molar-refractivity contribution in [2.75, 3.05) is 0 Å². The van der Waals surface area contributed by atoms with E-state index in [0.717, 1.165) is 44.1 Å². The SMILES string of the molecule is CCCCCCCc1ccc(C2CCC(C(=O)Oc3ccc(CCCCCC)cc3C#N)CC2)cc1. The van der Waals surface area contributed by atoms with Crippen molar-refractivity contribution in [1.82, 2.24) is 0 Å². The van der Waals surface area contributed by atoms with Gasteiger partial charge in [0.25, 0.3) is 0 Å². The highest BCUT2D eigenvalue weighted by atomic mass is 16.5. The van der Waals surface area contributed by atoms with E-state index >= 15 is 0 Å². The number of esters is 1. The maximum atomic E-state index is 12.9. The van der Waals surface area contributed by atoms with Crippen LogP contribution in [0.1, 0.15) is 125 Å². The number of unbranched alkanes of at least 4 members (excludes halogenated alkanes) is 7. The fraction of sp³-hybridized carbons (Fsp3) is 0.576. The van der Waals surface area contributed by atoms with E-state index in [4.69, 9.17) is 4.74 Å². The first-order valence-electron chi connectivity index (χ1n) is 14.5. The standard InChI is InChI=1S/C33H45NO2/c1-3-5-7-9-11-12-26-14-17-28(18-15-26)29-19-21-30(22-20-29)33(35)36-32-23-16-27(24-31(32)25-34)13-10-8-6-4-2/h14-18,23-24,29-30H,3-13,19-22H2,1-2H3. The van der Waals surface area contributed by atoms with Crippen molar-refractivity contribution < 1.29 is 9.53 Å². The largest absolute Gasteiger partial charge is 0.425 e. The molecule has 3 nitrogen and oxygen atoms in total. The summed E-state index contributed by atoms with van der Waals surface area (Å²) in [5.74, 6) is 0.671. The molecular formula is C33H45NO2. The van der Waals surface area contributed by atoms with Gasteiger partial charge in [-0.1, -0.05) is 89.1 Å². The highest BCUT2D eigenvalue weighted by Gasteiger charge is 2.29. The van der Waals surface area contributed by atoms with Gasteiger partial charge in [0, 0.05) is 0 Å². The van der Waals surface area contributed by atoms with Gasteiger partial charge in [-0.3, -0.25) is 4.79 Å². The summed E-state index contributed by atoms with van der Waals surface area (Å²) in [4.78, 5) is 12.9. The molecule has 3 rings (SSSR count). The van der Waals surface area contributed by atoms with E-state index in [1.165, 1.54) is 68.9 Å². The van der Waals surface area contributed by atoms with Gasteiger partial charge in [-0.15, -0.1) is 0 Å². The molecule has 0 atom stereocenters. The molecule has 0 N–H and O–H groups in total. The average molecular weight is 488 g/mol. The lowest BCUT2D eigenvalue weighted by Gasteiger charge is -2.27. The van der Waals surface area contributed by atoms with Crippen molar-refractivity contribution in [3.63, 3.8) is 0 Å². The Kier molecular flexibility index (Phi) is 12.0. The molecule has 0 amide bonds. The normalized spacial score (nSPS) is 17.5. The van der Waals surface area contributed by atoms with Crippen molar-refractivity contribution in [1.29, 1.82) is 5.26 Å². The Morgan fingerprint density at radius 3 is 2.03 bits per heavy atom. The van der Waals surface area contributed by atoms with Crippen molar-refractivity contribution in [2.45, 2.75) is 116 Å². The first-order chi connectivity index (χ1) is 17.6. The van der Waals surface area contributed by atoms with Gasteiger partial charge in [0.05, 0.1) is 11.5 Å². The van der Waals surface area contributed by atoms with Crippen LogP contribution >= 0.6 is 0 Å². The van der Waals surface area contributed by atoms with E-state index in [0.29, 0.717) is 17.2 Å². The van der Waals surface area contributed by atoms with Gasteiger partial charge in [0.15, 0.2) is 0 Å². The van der Waals surface area contributed by atoms with Crippen LogP contribution in [0.15, 0.2) is 42.5 Å². The number of carbonyl (C=O) groups is 1. The summed E-state index contributed by atoms with van der Waals surface area (Å²) >= 11 is 0. The third kappa shape index (κ3) is 8.81. The van der Waals surface area contributed by atoms with Crippen LogP contribution in [-0.4, -0.2) is 5.97 Å². The lowest BCUT2D eigenvalue weighted by molar-refractivity contribution is -0.140. The molecule has 0 saturated heterocycles. The van der Waals surface area contributed by atoms with Crippen LogP contribution in [0, 0.1) is 17.2 Å². The fourth-order valence-corrected chi connectivity index (χ4v) is 5.41. The number of ether oxygens (including phenoxy) is 1. The summed E-state index contributed by atoms with van der Waals surface area (Å²) in [6.07, 6.45) is 17.3. The fourth-order valence-electron chi connectivity index (χ4n) is 5.41. The topological polar surface area (TPSA) is 50.1 Å². The summed E-state index contributed by atoms with van der Waals surface area (Å²) < 4.78 is 5.73. The van der Waals surface area contributed by atoms with Gasteiger partial charge in [0.2, 0.25) is 0 Å². The molecule has 0 aliphatic heterocycles.